The summed E-state index contributed by atoms with van der Waals surface area (Å²) in [6.07, 6.45) is 3.48. The summed E-state index contributed by atoms with van der Waals surface area (Å²) in [5.74, 6) is -1.69. The van der Waals surface area contributed by atoms with Gasteiger partial charge in [0.1, 0.15) is 27.8 Å². The van der Waals surface area contributed by atoms with Crippen molar-refractivity contribution in [2.45, 2.75) is 37.5 Å². The predicted octanol–water partition coefficient (Wildman–Crippen LogP) is 3.95. The average Bonchev–Trinajstić information content (AvgIpc) is 3.43. The molecule has 0 aliphatic carbocycles. The maximum Gasteiger partial charge on any atom is 0.343 e. The largest absolute Gasteiger partial charge is 0.497 e. The van der Waals surface area contributed by atoms with E-state index in [0.717, 1.165) is 25.9 Å². The van der Waals surface area contributed by atoms with E-state index in [1.54, 1.807) is 6.07 Å². The van der Waals surface area contributed by atoms with Crippen molar-refractivity contribution in [1.29, 1.82) is 0 Å². The summed E-state index contributed by atoms with van der Waals surface area (Å²) < 4.78 is 42.9. The second-order valence-corrected chi connectivity index (χ2v) is 11.6. The SMILES string of the molecule is COc1cc(C(C)C)c2c(c1)S(=O)(=O)N(COC(=O)c1c(Cl)cnc(OCCN3CCCC3)c1Cl)C2=O. The van der Waals surface area contributed by atoms with Gasteiger partial charge >= 0.3 is 5.97 Å². The number of aromatic nitrogens is 1. The average molecular weight is 572 g/mol. The van der Waals surface area contributed by atoms with Gasteiger partial charge in [0.05, 0.1) is 23.9 Å². The van der Waals surface area contributed by atoms with Crippen LogP contribution in [0.25, 0.3) is 0 Å². The molecule has 1 amide bonds. The molecular weight excluding hydrogens is 545 g/mol. The number of carbonyl (C=O) groups is 2. The molecule has 1 aromatic carbocycles. The molecule has 0 saturated carbocycles. The lowest BCUT2D eigenvalue weighted by atomic mass is 9.96. The van der Waals surface area contributed by atoms with Gasteiger partial charge in [0, 0.05) is 12.6 Å². The number of hydrogen-bond donors (Lipinski definition) is 0. The molecule has 2 aliphatic rings. The van der Waals surface area contributed by atoms with Crippen LogP contribution in [0.4, 0.5) is 0 Å². The molecule has 2 aliphatic heterocycles. The van der Waals surface area contributed by atoms with Crippen molar-refractivity contribution in [3.63, 3.8) is 0 Å². The van der Waals surface area contributed by atoms with E-state index in [4.69, 9.17) is 37.4 Å². The number of fused-ring (bicyclic) bond motifs is 1. The third kappa shape index (κ3) is 5.36. The Hall–Kier alpha value is -2.60. The highest BCUT2D eigenvalue weighted by Gasteiger charge is 2.44. The lowest BCUT2D eigenvalue weighted by molar-refractivity contribution is 0.0357. The Bertz CT molecular complexity index is 1330. The molecule has 37 heavy (non-hydrogen) atoms. The summed E-state index contributed by atoms with van der Waals surface area (Å²) in [6.45, 7) is 5.77. The molecule has 1 fully saturated rings. The quantitative estimate of drug-likeness (QED) is 0.412. The van der Waals surface area contributed by atoms with Crippen molar-refractivity contribution in [2.24, 2.45) is 0 Å². The van der Waals surface area contributed by atoms with E-state index < -0.39 is 28.6 Å². The van der Waals surface area contributed by atoms with E-state index in [0.29, 0.717) is 28.8 Å². The van der Waals surface area contributed by atoms with Crippen LogP contribution in [0.2, 0.25) is 10.0 Å². The Morgan fingerprint density at radius 2 is 1.89 bits per heavy atom. The number of carbonyl (C=O) groups excluding carboxylic acids is 2. The lowest BCUT2D eigenvalue weighted by Crippen LogP contribution is -2.33. The molecule has 1 saturated heterocycles. The standard InChI is InChI=1S/C24H27Cl2N3O7S/c1-14(2)16-10-15(34-3)11-18-19(16)23(30)29(37(18,32)33)13-36-24(31)20-17(25)12-27-22(21(20)26)35-9-8-28-6-4-5-7-28/h10-12,14H,4-9,13H2,1-3H3. The summed E-state index contributed by atoms with van der Waals surface area (Å²) >= 11 is 12.5. The summed E-state index contributed by atoms with van der Waals surface area (Å²) in [5, 5.41) is -0.266. The van der Waals surface area contributed by atoms with E-state index >= 15 is 0 Å². The first-order valence-corrected chi connectivity index (χ1v) is 13.9. The van der Waals surface area contributed by atoms with Crippen molar-refractivity contribution < 1.29 is 32.2 Å². The van der Waals surface area contributed by atoms with Gasteiger partial charge in [0.15, 0.2) is 6.73 Å². The molecule has 0 bridgehead atoms. The fourth-order valence-electron chi connectivity index (χ4n) is 4.30. The Morgan fingerprint density at radius 1 is 1.19 bits per heavy atom. The maximum absolute atomic E-state index is 13.2. The van der Waals surface area contributed by atoms with Crippen LogP contribution < -0.4 is 9.47 Å². The number of nitrogens with zero attached hydrogens (tertiary/aromatic N) is 3. The number of methoxy groups -OCH3 is 1. The molecule has 0 atom stereocenters. The Balaban J connectivity index is 1.51. The van der Waals surface area contributed by atoms with Crippen LogP contribution in [0, 0.1) is 0 Å². The number of halogens is 2. The molecule has 0 unspecified atom stereocenters. The van der Waals surface area contributed by atoms with Gasteiger partial charge in [0.25, 0.3) is 15.9 Å². The zero-order valence-electron chi connectivity index (χ0n) is 20.6. The van der Waals surface area contributed by atoms with Crippen molar-refractivity contribution >= 4 is 45.1 Å². The number of pyridine rings is 1. The van der Waals surface area contributed by atoms with Gasteiger partial charge < -0.3 is 14.2 Å². The van der Waals surface area contributed by atoms with Crippen LogP contribution in [0.1, 0.15) is 58.9 Å². The Labute approximate surface area is 225 Å². The molecule has 200 valence electrons. The highest BCUT2D eigenvalue weighted by atomic mass is 35.5. The number of esters is 1. The van der Waals surface area contributed by atoms with Gasteiger partial charge in [-0.2, -0.15) is 4.31 Å². The molecule has 2 aromatic rings. The number of benzene rings is 1. The number of likely N-dealkylation sites (tertiary alicyclic amines) is 1. The number of amides is 1. The minimum absolute atomic E-state index is 0.00293. The summed E-state index contributed by atoms with van der Waals surface area (Å²) in [4.78, 5) is 32.1. The third-order valence-corrected chi connectivity index (χ3v) is 8.64. The first-order chi connectivity index (χ1) is 17.6. The minimum atomic E-state index is -4.29. The maximum atomic E-state index is 13.2. The Kier molecular flexibility index (Phi) is 8.17. The molecule has 0 radical (unpaired) electrons. The Morgan fingerprint density at radius 3 is 2.54 bits per heavy atom. The number of sulfonamides is 1. The number of rotatable bonds is 9. The zero-order chi connectivity index (χ0) is 26.9. The fraction of sp³-hybridized carbons (Fsp3) is 0.458. The fourth-order valence-corrected chi connectivity index (χ4v) is 6.32. The van der Waals surface area contributed by atoms with Crippen LogP contribution in [0.15, 0.2) is 23.2 Å². The molecule has 0 spiro atoms. The predicted molar refractivity (Wildman–Crippen MR) is 136 cm³/mol. The van der Waals surface area contributed by atoms with Crippen LogP contribution in [0.3, 0.4) is 0 Å². The lowest BCUT2D eigenvalue weighted by Gasteiger charge is -2.17. The highest BCUT2D eigenvalue weighted by Crippen LogP contribution is 2.39. The van der Waals surface area contributed by atoms with Crippen molar-refractivity contribution in [2.75, 3.05) is 40.1 Å². The monoisotopic (exact) mass is 571 g/mol. The van der Waals surface area contributed by atoms with E-state index in [1.165, 1.54) is 19.4 Å². The molecule has 4 rings (SSSR count). The van der Waals surface area contributed by atoms with Crippen molar-refractivity contribution in [3.8, 4) is 11.6 Å². The van der Waals surface area contributed by atoms with E-state index in [-0.39, 0.29) is 37.9 Å². The van der Waals surface area contributed by atoms with Gasteiger partial charge in [-0.1, -0.05) is 37.0 Å². The molecule has 1 aromatic heterocycles. The summed E-state index contributed by atoms with van der Waals surface area (Å²) in [5.41, 5.74) is 0.300. The summed E-state index contributed by atoms with van der Waals surface area (Å²) in [6, 6.07) is 2.90. The molecular formula is C24H27Cl2N3O7S. The highest BCUT2D eigenvalue weighted by molar-refractivity contribution is 7.90. The third-order valence-electron chi connectivity index (χ3n) is 6.28. The first kappa shape index (κ1) is 27.4. The van der Waals surface area contributed by atoms with Crippen LogP contribution in [-0.2, 0) is 14.8 Å². The molecule has 13 heteroatoms. The summed E-state index contributed by atoms with van der Waals surface area (Å²) in [7, 11) is -2.89. The van der Waals surface area contributed by atoms with E-state index in [9.17, 15) is 18.0 Å². The van der Waals surface area contributed by atoms with Gasteiger partial charge in [-0.3, -0.25) is 9.69 Å². The topological polar surface area (TPSA) is 115 Å². The second kappa shape index (κ2) is 11.0. The van der Waals surface area contributed by atoms with Crippen LogP contribution in [0.5, 0.6) is 11.6 Å². The number of hydrogen-bond acceptors (Lipinski definition) is 9. The molecule has 3 heterocycles. The van der Waals surface area contributed by atoms with Crippen LogP contribution >= 0.6 is 23.2 Å². The normalized spacial score (nSPS) is 16.8. The molecule has 10 nitrogen and oxygen atoms in total. The zero-order valence-corrected chi connectivity index (χ0v) is 23.0. The smallest absolute Gasteiger partial charge is 0.343 e. The van der Waals surface area contributed by atoms with Gasteiger partial charge in [0.2, 0.25) is 5.88 Å². The molecule has 0 N–H and O–H groups in total. The van der Waals surface area contributed by atoms with Gasteiger partial charge in [-0.15, -0.1) is 0 Å². The first-order valence-electron chi connectivity index (χ1n) is 11.7. The van der Waals surface area contributed by atoms with E-state index in [1.807, 2.05) is 13.8 Å². The van der Waals surface area contributed by atoms with Crippen molar-refractivity contribution in [1.82, 2.24) is 14.2 Å². The van der Waals surface area contributed by atoms with Gasteiger partial charge in [-0.05, 0) is 43.5 Å². The van der Waals surface area contributed by atoms with Gasteiger partial charge in [-0.25, -0.2) is 18.2 Å². The van der Waals surface area contributed by atoms with Crippen molar-refractivity contribution in [3.05, 3.63) is 45.1 Å². The number of ether oxygens (including phenoxy) is 3. The second-order valence-electron chi connectivity index (χ2n) is 8.96. The van der Waals surface area contributed by atoms with E-state index in [2.05, 4.69) is 9.88 Å². The minimum Gasteiger partial charge on any atom is -0.497 e. The van der Waals surface area contributed by atoms with Crippen LogP contribution in [-0.4, -0.2) is 74.6 Å².